The molecule has 122 valence electrons. The average molecular weight is 348 g/mol. The van der Waals surface area contributed by atoms with Crippen molar-refractivity contribution in [1.29, 1.82) is 0 Å². The molecule has 1 aliphatic heterocycles. The van der Waals surface area contributed by atoms with E-state index in [2.05, 4.69) is 44.7 Å². The normalized spacial score (nSPS) is 16.4. The summed E-state index contributed by atoms with van der Waals surface area (Å²) in [6.45, 7) is 2.88. The largest absolute Gasteiger partial charge is 0.300 e. The molecular formula is C16H20N4OS2. The fourth-order valence-electron chi connectivity index (χ4n) is 2.75. The Morgan fingerprint density at radius 2 is 2.04 bits per heavy atom. The van der Waals surface area contributed by atoms with Crippen LogP contribution in [0.4, 0.5) is 5.13 Å². The van der Waals surface area contributed by atoms with E-state index in [1.165, 1.54) is 16.9 Å². The number of carbonyl (C=O) groups excluding carboxylic acids is 1. The molecule has 2 heterocycles. The van der Waals surface area contributed by atoms with Crippen molar-refractivity contribution in [3.05, 3.63) is 35.9 Å². The van der Waals surface area contributed by atoms with Gasteiger partial charge in [0.25, 0.3) is 0 Å². The summed E-state index contributed by atoms with van der Waals surface area (Å²) in [6.07, 6.45) is 3.74. The Balaban J connectivity index is 1.47. The van der Waals surface area contributed by atoms with E-state index >= 15 is 0 Å². The first kappa shape index (κ1) is 16.4. The van der Waals surface area contributed by atoms with Gasteiger partial charge < -0.3 is 5.32 Å². The molecule has 1 saturated heterocycles. The summed E-state index contributed by atoms with van der Waals surface area (Å²) in [5.41, 5.74) is 1.33. The average Bonchev–Trinajstić information content (AvgIpc) is 3.04. The molecule has 0 radical (unpaired) electrons. The van der Waals surface area contributed by atoms with Crippen molar-refractivity contribution in [3.8, 4) is 0 Å². The van der Waals surface area contributed by atoms with E-state index in [0.717, 1.165) is 36.8 Å². The molecule has 7 heteroatoms. The number of nitrogens with one attached hydrogen (secondary N) is 1. The zero-order valence-electron chi connectivity index (χ0n) is 13.1. The lowest BCUT2D eigenvalue weighted by molar-refractivity contribution is -0.121. The second-order valence-corrected chi connectivity index (χ2v) is 7.63. The lowest BCUT2D eigenvalue weighted by Gasteiger charge is -2.31. The van der Waals surface area contributed by atoms with Crippen LogP contribution in [0.2, 0.25) is 0 Å². The van der Waals surface area contributed by atoms with Crippen LogP contribution in [0.3, 0.4) is 0 Å². The summed E-state index contributed by atoms with van der Waals surface area (Å²) in [7, 11) is 0. The highest BCUT2D eigenvalue weighted by atomic mass is 32.2. The summed E-state index contributed by atoms with van der Waals surface area (Å²) < 4.78 is 0.873. The van der Waals surface area contributed by atoms with Crippen molar-refractivity contribution in [3.63, 3.8) is 0 Å². The Hall–Kier alpha value is -1.44. The second-order valence-electron chi connectivity index (χ2n) is 5.60. The van der Waals surface area contributed by atoms with Gasteiger partial charge in [0.05, 0.1) is 0 Å². The monoisotopic (exact) mass is 348 g/mol. The van der Waals surface area contributed by atoms with Crippen LogP contribution in [-0.2, 0) is 11.3 Å². The lowest BCUT2D eigenvalue weighted by Crippen LogP contribution is -2.37. The van der Waals surface area contributed by atoms with Crippen molar-refractivity contribution in [2.75, 3.05) is 24.7 Å². The molecule has 0 atom stereocenters. The minimum Gasteiger partial charge on any atom is -0.300 e. The van der Waals surface area contributed by atoms with Gasteiger partial charge in [0.1, 0.15) is 0 Å². The summed E-state index contributed by atoms with van der Waals surface area (Å²) >= 11 is 2.97. The molecule has 0 bridgehead atoms. The molecule has 1 aliphatic rings. The van der Waals surface area contributed by atoms with Gasteiger partial charge in [0, 0.05) is 12.5 Å². The fourth-order valence-corrected chi connectivity index (χ4v) is 3.92. The number of hydrogen-bond acceptors (Lipinski definition) is 6. The molecule has 23 heavy (non-hydrogen) atoms. The van der Waals surface area contributed by atoms with Crippen LogP contribution in [0.5, 0.6) is 0 Å². The molecule has 0 unspecified atom stereocenters. The molecule has 1 aromatic carbocycles. The highest BCUT2D eigenvalue weighted by molar-refractivity contribution is 8.00. The molecule has 0 saturated carbocycles. The number of nitrogens with zero attached hydrogens (tertiary/aromatic N) is 3. The molecule has 1 amide bonds. The van der Waals surface area contributed by atoms with Crippen LogP contribution in [-0.4, -0.2) is 40.3 Å². The van der Waals surface area contributed by atoms with Gasteiger partial charge in [-0.25, -0.2) is 0 Å². The maximum atomic E-state index is 12.3. The van der Waals surface area contributed by atoms with Gasteiger partial charge in [-0.15, -0.1) is 10.2 Å². The lowest BCUT2D eigenvalue weighted by atomic mass is 9.95. The molecule has 2 aromatic rings. The first-order valence-corrected chi connectivity index (χ1v) is 9.73. The van der Waals surface area contributed by atoms with E-state index in [9.17, 15) is 4.79 Å². The predicted molar refractivity (Wildman–Crippen MR) is 94.8 cm³/mol. The zero-order valence-corrected chi connectivity index (χ0v) is 14.7. The number of carbonyl (C=O) groups is 1. The highest BCUT2D eigenvalue weighted by Crippen LogP contribution is 2.25. The van der Waals surface area contributed by atoms with Crippen LogP contribution >= 0.6 is 23.1 Å². The summed E-state index contributed by atoms with van der Waals surface area (Å²) in [6, 6.07) is 10.5. The molecule has 0 aliphatic carbocycles. The van der Waals surface area contributed by atoms with Crippen LogP contribution < -0.4 is 5.32 Å². The fraction of sp³-hybridized carbons (Fsp3) is 0.438. The molecule has 0 spiro atoms. The Bertz CT molecular complexity index is 639. The van der Waals surface area contributed by atoms with Crippen molar-refractivity contribution in [2.24, 2.45) is 5.92 Å². The van der Waals surface area contributed by atoms with Gasteiger partial charge >= 0.3 is 0 Å². The van der Waals surface area contributed by atoms with Gasteiger partial charge in [-0.1, -0.05) is 53.4 Å². The number of hydrogen-bond donors (Lipinski definition) is 1. The molecular weight excluding hydrogens is 328 g/mol. The van der Waals surface area contributed by atoms with Crippen LogP contribution in [0.1, 0.15) is 18.4 Å². The van der Waals surface area contributed by atoms with E-state index in [1.807, 2.05) is 12.3 Å². The Labute approximate surface area is 144 Å². The third-order valence-corrected chi connectivity index (χ3v) is 5.83. The Kier molecular flexibility index (Phi) is 5.64. The first-order chi connectivity index (χ1) is 11.2. The zero-order chi connectivity index (χ0) is 16.1. The molecule has 1 aromatic heterocycles. The first-order valence-electron chi connectivity index (χ1n) is 7.69. The molecule has 5 nitrogen and oxygen atoms in total. The molecule has 3 rings (SSSR count). The number of piperidine rings is 1. The molecule has 1 fully saturated rings. The van der Waals surface area contributed by atoms with Crippen LogP contribution in [0.25, 0.3) is 0 Å². The van der Waals surface area contributed by atoms with E-state index in [1.54, 1.807) is 11.8 Å². The minimum absolute atomic E-state index is 0.0728. The smallest absolute Gasteiger partial charge is 0.229 e. The van der Waals surface area contributed by atoms with Crippen LogP contribution in [0, 0.1) is 5.92 Å². The summed E-state index contributed by atoms with van der Waals surface area (Å²) in [5, 5.41) is 11.5. The highest BCUT2D eigenvalue weighted by Gasteiger charge is 2.25. The van der Waals surface area contributed by atoms with Crippen molar-refractivity contribution in [2.45, 2.75) is 23.7 Å². The number of benzene rings is 1. The topological polar surface area (TPSA) is 58.1 Å². The van der Waals surface area contributed by atoms with E-state index < -0.39 is 0 Å². The number of anilines is 1. The number of aromatic nitrogens is 2. The van der Waals surface area contributed by atoms with Gasteiger partial charge in [-0.2, -0.15) is 0 Å². The number of amides is 1. The van der Waals surface area contributed by atoms with Crippen molar-refractivity contribution >= 4 is 34.1 Å². The van der Waals surface area contributed by atoms with E-state index in [4.69, 9.17) is 0 Å². The molecule has 1 N–H and O–H groups in total. The maximum absolute atomic E-state index is 12.3. The van der Waals surface area contributed by atoms with Crippen LogP contribution in [0.15, 0.2) is 34.7 Å². The standard InChI is InChI=1S/C16H20N4OS2/c1-22-16-19-18-15(23-16)17-14(21)13-7-9-20(10-8-13)11-12-5-3-2-4-6-12/h2-6,13H,7-11H2,1H3,(H,17,18,21). The minimum atomic E-state index is 0.0728. The third-order valence-electron chi connectivity index (χ3n) is 4.02. The maximum Gasteiger partial charge on any atom is 0.229 e. The summed E-state index contributed by atoms with van der Waals surface area (Å²) in [5.74, 6) is 0.150. The second kappa shape index (κ2) is 7.90. The summed E-state index contributed by atoms with van der Waals surface area (Å²) in [4.78, 5) is 14.7. The van der Waals surface area contributed by atoms with E-state index in [-0.39, 0.29) is 11.8 Å². The van der Waals surface area contributed by atoms with Gasteiger partial charge in [0.2, 0.25) is 11.0 Å². The van der Waals surface area contributed by atoms with E-state index in [0.29, 0.717) is 5.13 Å². The SMILES string of the molecule is CSc1nnc(NC(=O)C2CCN(Cc3ccccc3)CC2)s1. The number of likely N-dealkylation sites (tertiary alicyclic amines) is 1. The Morgan fingerprint density at radius 3 is 2.70 bits per heavy atom. The van der Waals surface area contributed by atoms with Crippen molar-refractivity contribution < 1.29 is 4.79 Å². The number of rotatable bonds is 5. The number of thioether (sulfide) groups is 1. The Morgan fingerprint density at radius 1 is 1.30 bits per heavy atom. The van der Waals surface area contributed by atoms with Gasteiger partial charge in [-0.05, 0) is 37.8 Å². The van der Waals surface area contributed by atoms with Gasteiger partial charge in [-0.3, -0.25) is 9.69 Å². The quantitative estimate of drug-likeness (QED) is 0.665. The van der Waals surface area contributed by atoms with Gasteiger partial charge in [0.15, 0.2) is 4.34 Å². The predicted octanol–water partition coefficient (Wildman–Crippen LogP) is 3.11. The third kappa shape index (κ3) is 4.53. The van der Waals surface area contributed by atoms with Crippen molar-refractivity contribution in [1.82, 2.24) is 15.1 Å².